The van der Waals surface area contributed by atoms with Gasteiger partial charge in [0.15, 0.2) is 0 Å². The fourth-order valence-electron chi connectivity index (χ4n) is 1.42. The quantitative estimate of drug-likeness (QED) is 0.665. The molecule has 0 saturated carbocycles. The van der Waals surface area contributed by atoms with Crippen LogP contribution in [0.1, 0.15) is 24.7 Å². The van der Waals surface area contributed by atoms with Crippen LogP contribution in [0.3, 0.4) is 0 Å². The molecule has 1 heterocycles. The maximum Gasteiger partial charge on any atom is 0.244 e. The molecule has 0 fully saturated rings. The normalized spacial score (nSPS) is 11.9. The third-order valence-corrected chi connectivity index (χ3v) is 3.78. The third kappa shape index (κ3) is 2.81. The molecule has 0 atom stereocenters. The van der Waals surface area contributed by atoms with Crippen molar-refractivity contribution >= 4 is 10.0 Å². The second kappa shape index (κ2) is 5.42. The predicted molar refractivity (Wildman–Crippen MR) is 61.6 cm³/mol. The van der Waals surface area contributed by atoms with Gasteiger partial charge in [-0.3, -0.25) is 5.10 Å². The van der Waals surface area contributed by atoms with Crippen molar-refractivity contribution in [2.45, 2.75) is 31.7 Å². The van der Waals surface area contributed by atoms with Gasteiger partial charge < -0.3 is 5.32 Å². The van der Waals surface area contributed by atoms with Crippen LogP contribution < -0.4 is 10.0 Å². The smallest absolute Gasteiger partial charge is 0.244 e. The van der Waals surface area contributed by atoms with E-state index in [1.165, 1.54) is 0 Å². The number of hydrogen-bond acceptors (Lipinski definition) is 4. The highest BCUT2D eigenvalue weighted by Crippen LogP contribution is 2.16. The topological polar surface area (TPSA) is 86.9 Å². The first kappa shape index (κ1) is 13.1. The van der Waals surface area contributed by atoms with E-state index in [-0.39, 0.29) is 4.90 Å². The summed E-state index contributed by atoms with van der Waals surface area (Å²) < 4.78 is 26.5. The molecule has 92 valence electrons. The Kier molecular flexibility index (Phi) is 4.45. The lowest BCUT2D eigenvalue weighted by molar-refractivity contribution is 0.578. The molecule has 1 aromatic heterocycles. The van der Waals surface area contributed by atoms with Crippen molar-refractivity contribution in [3.8, 4) is 0 Å². The lowest BCUT2D eigenvalue weighted by atomic mass is 10.4. The largest absolute Gasteiger partial charge is 0.314 e. The fourth-order valence-corrected chi connectivity index (χ4v) is 2.92. The lowest BCUT2D eigenvalue weighted by Gasteiger charge is -2.06. The van der Waals surface area contributed by atoms with Gasteiger partial charge in [-0.2, -0.15) is 5.10 Å². The van der Waals surface area contributed by atoms with Crippen molar-refractivity contribution in [3.05, 3.63) is 11.4 Å². The molecule has 7 heteroatoms. The number of aromatic amines is 1. The number of sulfonamides is 1. The van der Waals surface area contributed by atoms with Crippen LogP contribution >= 0.6 is 0 Å². The molecule has 0 amide bonds. The zero-order valence-corrected chi connectivity index (χ0v) is 10.6. The van der Waals surface area contributed by atoms with Crippen molar-refractivity contribution in [3.63, 3.8) is 0 Å². The van der Waals surface area contributed by atoms with E-state index < -0.39 is 10.0 Å². The minimum absolute atomic E-state index is 0.260. The van der Waals surface area contributed by atoms with Gasteiger partial charge in [0.2, 0.25) is 10.0 Å². The summed E-state index contributed by atoms with van der Waals surface area (Å²) >= 11 is 0. The Morgan fingerprint density at radius 3 is 2.69 bits per heavy atom. The molecule has 0 saturated heterocycles. The Labute approximate surface area is 95.9 Å². The maximum atomic E-state index is 12.0. The molecule has 1 aromatic rings. The van der Waals surface area contributed by atoms with Crippen LogP contribution in [-0.4, -0.2) is 32.2 Å². The second-order valence-electron chi connectivity index (χ2n) is 3.55. The van der Waals surface area contributed by atoms with Crippen LogP contribution in [-0.2, 0) is 16.6 Å². The average Bonchev–Trinajstić information content (AvgIpc) is 2.58. The summed E-state index contributed by atoms with van der Waals surface area (Å²) in [7, 11) is -1.70. The Hall–Kier alpha value is -0.920. The van der Waals surface area contributed by atoms with Gasteiger partial charge in [0, 0.05) is 13.1 Å². The van der Waals surface area contributed by atoms with E-state index in [0.29, 0.717) is 24.5 Å². The van der Waals surface area contributed by atoms with Crippen molar-refractivity contribution in [2.75, 3.05) is 13.6 Å². The number of nitrogens with zero attached hydrogens (tertiary/aromatic N) is 1. The van der Waals surface area contributed by atoms with Crippen LogP contribution in [0, 0.1) is 6.92 Å². The first-order valence-corrected chi connectivity index (χ1v) is 6.69. The highest BCUT2D eigenvalue weighted by atomic mass is 32.2. The number of rotatable bonds is 6. The lowest BCUT2D eigenvalue weighted by Crippen LogP contribution is -2.26. The molecule has 0 aliphatic rings. The Morgan fingerprint density at radius 2 is 2.12 bits per heavy atom. The summed E-state index contributed by atoms with van der Waals surface area (Å²) in [5, 5.41) is 9.56. The Morgan fingerprint density at radius 1 is 1.44 bits per heavy atom. The van der Waals surface area contributed by atoms with Crippen LogP contribution in [0.4, 0.5) is 0 Å². The maximum absolute atomic E-state index is 12.0. The first-order valence-electron chi connectivity index (χ1n) is 5.21. The van der Waals surface area contributed by atoms with Gasteiger partial charge in [0.05, 0.1) is 11.4 Å². The first-order chi connectivity index (χ1) is 7.53. The number of nitrogens with one attached hydrogen (secondary N) is 3. The third-order valence-electron chi connectivity index (χ3n) is 2.12. The highest BCUT2D eigenvalue weighted by molar-refractivity contribution is 7.89. The van der Waals surface area contributed by atoms with Crippen LogP contribution in [0.2, 0.25) is 0 Å². The van der Waals surface area contributed by atoms with E-state index in [0.717, 1.165) is 6.42 Å². The van der Waals surface area contributed by atoms with Crippen molar-refractivity contribution in [2.24, 2.45) is 0 Å². The molecule has 1 rings (SSSR count). The summed E-state index contributed by atoms with van der Waals surface area (Å²) in [6.45, 7) is 4.48. The summed E-state index contributed by atoms with van der Waals surface area (Å²) in [4.78, 5) is 0.260. The van der Waals surface area contributed by atoms with Gasteiger partial charge in [-0.25, -0.2) is 13.1 Å². The van der Waals surface area contributed by atoms with Gasteiger partial charge in [0.1, 0.15) is 4.90 Å². The zero-order valence-electron chi connectivity index (χ0n) is 9.79. The van der Waals surface area contributed by atoms with Crippen LogP contribution in [0.25, 0.3) is 0 Å². The molecular formula is C9H18N4O2S. The predicted octanol–water partition coefficient (Wildman–Crippen LogP) is 0.126. The van der Waals surface area contributed by atoms with Gasteiger partial charge in [-0.1, -0.05) is 6.92 Å². The van der Waals surface area contributed by atoms with E-state index in [1.807, 2.05) is 6.92 Å². The molecule has 0 bridgehead atoms. The molecular weight excluding hydrogens is 228 g/mol. The minimum Gasteiger partial charge on any atom is -0.314 e. The molecule has 0 aliphatic heterocycles. The minimum atomic E-state index is -3.45. The SMILES string of the molecule is CCCNS(=O)(=O)c1c(CNC)n[nH]c1C. The fraction of sp³-hybridized carbons (Fsp3) is 0.667. The van der Waals surface area contributed by atoms with Crippen LogP contribution in [0.15, 0.2) is 4.90 Å². The van der Waals surface area contributed by atoms with E-state index in [9.17, 15) is 8.42 Å². The summed E-state index contributed by atoms with van der Waals surface area (Å²) in [6, 6.07) is 0. The molecule has 0 radical (unpaired) electrons. The van der Waals surface area contributed by atoms with E-state index in [2.05, 4.69) is 20.2 Å². The molecule has 0 unspecified atom stereocenters. The van der Waals surface area contributed by atoms with E-state index in [4.69, 9.17) is 0 Å². The number of H-pyrrole nitrogens is 1. The van der Waals surface area contributed by atoms with Crippen molar-refractivity contribution in [1.29, 1.82) is 0 Å². The number of aryl methyl sites for hydroxylation is 1. The van der Waals surface area contributed by atoms with Gasteiger partial charge in [0.25, 0.3) is 0 Å². The average molecular weight is 246 g/mol. The zero-order chi connectivity index (χ0) is 12.2. The molecule has 3 N–H and O–H groups in total. The molecule has 0 spiro atoms. The molecule has 0 aromatic carbocycles. The Balaban J connectivity index is 3.05. The van der Waals surface area contributed by atoms with Crippen LogP contribution in [0.5, 0.6) is 0 Å². The monoisotopic (exact) mass is 246 g/mol. The molecule has 0 aliphatic carbocycles. The Bertz CT molecular complexity index is 438. The van der Waals surface area contributed by atoms with Gasteiger partial charge >= 0.3 is 0 Å². The van der Waals surface area contributed by atoms with Gasteiger partial charge in [-0.05, 0) is 20.4 Å². The summed E-state index contributed by atoms with van der Waals surface area (Å²) in [6.07, 6.45) is 0.761. The highest BCUT2D eigenvalue weighted by Gasteiger charge is 2.23. The second-order valence-corrected chi connectivity index (χ2v) is 5.26. The molecule has 16 heavy (non-hydrogen) atoms. The van der Waals surface area contributed by atoms with Crippen molar-refractivity contribution < 1.29 is 8.42 Å². The van der Waals surface area contributed by atoms with E-state index >= 15 is 0 Å². The molecule has 6 nitrogen and oxygen atoms in total. The number of hydrogen-bond donors (Lipinski definition) is 3. The van der Waals surface area contributed by atoms with Crippen molar-refractivity contribution in [1.82, 2.24) is 20.2 Å². The summed E-state index contributed by atoms with van der Waals surface area (Å²) in [5.74, 6) is 0. The van der Waals surface area contributed by atoms with Gasteiger partial charge in [-0.15, -0.1) is 0 Å². The standard InChI is InChI=1S/C9H18N4O2S/c1-4-5-11-16(14,15)9-7(2)12-13-8(9)6-10-3/h10-11H,4-6H2,1-3H3,(H,12,13). The summed E-state index contributed by atoms with van der Waals surface area (Å²) in [5.41, 5.74) is 1.08. The van der Waals surface area contributed by atoms with E-state index in [1.54, 1.807) is 14.0 Å². The number of aromatic nitrogens is 2.